The van der Waals surface area contributed by atoms with Gasteiger partial charge in [0.2, 0.25) is 5.88 Å². The fraction of sp³-hybridized carbons (Fsp3) is 0.235. The molecule has 0 aliphatic carbocycles. The van der Waals surface area contributed by atoms with E-state index in [0.717, 1.165) is 0 Å². The third-order valence-electron chi connectivity index (χ3n) is 3.17. The van der Waals surface area contributed by atoms with Crippen LogP contribution in [0.1, 0.15) is 25.3 Å². The van der Waals surface area contributed by atoms with Crippen LogP contribution in [-0.4, -0.2) is 22.5 Å². The molecule has 0 saturated heterocycles. The lowest BCUT2D eigenvalue weighted by atomic mass is 10.0. The first kappa shape index (κ1) is 17.3. The highest BCUT2D eigenvalue weighted by molar-refractivity contribution is 5.82. The Balaban J connectivity index is 2.36. The number of hydrogen-bond acceptors (Lipinski definition) is 5. The van der Waals surface area contributed by atoms with Gasteiger partial charge in [0.05, 0.1) is 12.2 Å². The van der Waals surface area contributed by atoms with Crippen LogP contribution in [0.3, 0.4) is 0 Å². The van der Waals surface area contributed by atoms with Crippen molar-refractivity contribution in [3.63, 3.8) is 0 Å². The maximum Gasteiger partial charge on any atom is 0.330 e. The van der Waals surface area contributed by atoms with Crippen molar-refractivity contribution in [2.75, 3.05) is 6.61 Å². The molecule has 0 radical (unpaired) electrons. The highest BCUT2D eigenvalue weighted by Gasteiger charge is 2.17. The van der Waals surface area contributed by atoms with Gasteiger partial charge in [-0.3, -0.25) is 14.8 Å². The summed E-state index contributed by atoms with van der Waals surface area (Å²) in [6, 6.07) is 8.75. The van der Waals surface area contributed by atoms with E-state index in [-0.39, 0.29) is 18.1 Å². The Kier molecular flexibility index (Phi) is 5.73. The van der Waals surface area contributed by atoms with Crippen LogP contribution in [-0.2, 0) is 9.53 Å². The molecule has 7 heteroatoms. The number of H-pyrrole nitrogens is 2. The van der Waals surface area contributed by atoms with E-state index in [1.807, 2.05) is 6.07 Å². The van der Waals surface area contributed by atoms with E-state index < -0.39 is 23.1 Å². The predicted octanol–water partition coefficient (Wildman–Crippen LogP) is 2.08. The zero-order valence-corrected chi connectivity index (χ0v) is 13.4. The smallest absolute Gasteiger partial charge is 0.330 e. The Labute approximate surface area is 138 Å². The summed E-state index contributed by atoms with van der Waals surface area (Å²) in [6.07, 6.45) is 2.75. The lowest BCUT2D eigenvalue weighted by Crippen LogP contribution is -2.27. The van der Waals surface area contributed by atoms with Crippen molar-refractivity contribution < 1.29 is 14.3 Å². The molecule has 0 aliphatic heterocycles. The normalized spacial score (nSPS) is 12.1. The third-order valence-corrected chi connectivity index (χ3v) is 3.17. The minimum Gasteiger partial charge on any atom is -0.463 e. The molecule has 1 atom stereocenters. The van der Waals surface area contributed by atoms with Crippen molar-refractivity contribution in [1.82, 2.24) is 9.97 Å². The number of rotatable bonds is 6. The van der Waals surface area contributed by atoms with Gasteiger partial charge in [0, 0.05) is 12.0 Å². The third kappa shape index (κ3) is 4.45. The molecule has 2 N–H and O–H groups in total. The second kappa shape index (κ2) is 7.96. The van der Waals surface area contributed by atoms with Crippen LogP contribution < -0.4 is 16.0 Å². The van der Waals surface area contributed by atoms with Crippen LogP contribution in [0.25, 0.3) is 0 Å². The second-order valence-corrected chi connectivity index (χ2v) is 4.97. The Bertz CT molecular complexity index is 836. The lowest BCUT2D eigenvalue weighted by molar-refractivity contribution is -0.137. The quantitative estimate of drug-likeness (QED) is 0.624. The van der Waals surface area contributed by atoms with Crippen LogP contribution in [0.5, 0.6) is 11.6 Å². The Morgan fingerprint density at radius 3 is 2.58 bits per heavy atom. The fourth-order valence-corrected chi connectivity index (χ4v) is 2.09. The first-order valence-corrected chi connectivity index (χ1v) is 7.45. The molecule has 126 valence electrons. The largest absolute Gasteiger partial charge is 0.463 e. The summed E-state index contributed by atoms with van der Waals surface area (Å²) in [4.78, 5) is 39.7. The molecule has 7 nitrogen and oxygen atoms in total. The number of para-hydroxylation sites is 1. The summed E-state index contributed by atoms with van der Waals surface area (Å²) in [6.45, 7) is 3.67. The van der Waals surface area contributed by atoms with E-state index in [0.29, 0.717) is 5.75 Å². The lowest BCUT2D eigenvalue weighted by Gasteiger charge is -2.12. The number of aromatic nitrogens is 2. The number of benzene rings is 1. The molecular formula is C17H18N2O5. The highest BCUT2D eigenvalue weighted by atomic mass is 16.5. The molecular weight excluding hydrogens is 312 g/mol. The minimum absolute atomic E-state index is 0.0379. The maximum absolute atomic E-state index is 12.2. The molecule has 0 saturated carbocycles. The highest BCUT2D eigenvalue weighted by Crippen LogP contribution is 2.25. The molecule has 0 bridgehead atoms. The Morgan fingerprint density at radius 2 is 1.92 bits per heavy atom. The van der Waals surface area contributed by atoms with Gasteiger partial charge in [-0.15, -0.1) is 0 Å². The molecule has 1 heterocycles. The van der Waals surface area contributed by atoms with Gasteiger partial charge in [-0.25, -0.2) is 9.59 Å². The molecule has 0 spiro atoms. The fourth-order valence-electron chi connectivity index (χ4n) is 2.09. The van der Waals surface area contributed by atoms with Crippen LogP contribution in [0.15, 0.2) is 52.1 Å². The van der Waals surface area contributed by atoms with Gasteiger partial charge in [-0.2, -0.15) is 0 Å². The molecule has 0 amide bonds. The molecule has 24 heavy (non-hydrogen) atoms. The zero-order valence-electron chi connectivity index (χ0n) is 13.4. The molecule has 2 rings (SSSR count). The van der Waals surface area contributed by atoms with Crippen molar-refractivity contribution in [2.45, 2.75) is 19.8 Å². The number of aromatic amines is 2. The second-order valence-electron chi connectivity index (χ2n) is 4.97. The summed E-state index contributed by atoms with van der Waals surface area (Å²) in [5.74, 6) is -0.470. The van der Waals surface area contributed by atoms with E-state index in [9.17, 15) is 14.4 Å². The van der Waals surface area contributed by atoms with Crippen LogP contribution in [0, 0.1) is 0 Å². The topological polar surface area (TPSA) is 101 Å². The van der Waals surface area contributed by atoms with Gasteiger partial charge in [0.25, 0.3) is 5.56 Å². The molecule has 2 aromatic rings. The van der Waals surface area contributed by atoms with Crippen molar-refractivity contribution in [2.24, 2.45) is 0 Å². The standard InChI is InChI=1S/C17H18N2O5/c1-3-23-13(20)10-9-11(2)14-15(21)18-17(22)19-16(14)24-12-7-5-4-6-8-12/h4-11H,3H2,1-2H3,(H2,18,19,21,22)/b10-9+. The summed E-state index contributed by atoms with van der Waals surface area (Å²) in [5, 5.41) is 0. The number of esters is 1. The van der Waals surface area contributed by atoms with Gasteiger partial charge < -0.3 is 9.47 Å². The molecule has 1 aromatic heterocycles. The van der Waals surface area contributed by atoms with E-state index in [1.165, 1.54) is 12.2 Å². The number of carbonyl (C=O) groups is 1. The van der Waals surface area contributed by atoms with E-state index in [1.54, 1.807) is 38.1 Å². The first-order chi connectivity index (χ1) is 11.5. The van der Waals surface area contributed by atoms with Crippen molar-refractivity contribution in [3.05, 3.63) is 68.9 Å². The molecule has 1 unspecified atom stereocenters. The van der Waals surface area contributed by atoms with Crippen molar-refractivity contribution in [1.29, 1.82) is 0 Å². The number of allylic oxidation sites excluding steroid dienone is 1. The molecule has 0 aliphatic rings. The number of ether oxygens (including phenoxy) is 2. The predicted molar refractivity (Wildman–Crippen MR) is 88.4 cm³/mol. The van der Waals surface area contributed by atoms with Gasteiger partial charge in [-0.05, 0) is 19.1 Å². The van der Waals surface area contributed by atoms with Gasteiger partial charge >= 0.3 is 11.7 Å². The van der Waals surface area contributed by atoms with Crippen LogP contribution >= 0.6 is 0 Å². The van der Waals surface area contributed by atoms with Crippen molar-refractivity contribution in [3.8, 4) is 11.6 Å². The first-order valence-electron chi connectivity index (χ1n) is 7.45. The van der Waals surface area contributed by atoms with Gasteiger partial charge in [0.1, 0.15) is 5.75 Å². The molecule has 1 aromatic carbocycles. The number of hydrogen-bond donors (Lipinski definition) is 2. The Morgan fingerprint density at radius 1 is 1.21 bits per heavy atom. The van der Waals surface area contributed by atoms with E-state index >= 15 is 0 Å². The SMILES string of the molecule is CCOC(=O)/C=C/C(C)c1c(Oc2ccccc2)[nH]c(=O)[nH]c1=O. The average molecular weight is 330 g/mol. The summed E-state index contributed by atoms with van der Waals surface area (Å²) in [7, 11) is 0. The monoisotopic (exact) mass is 330 g/mol. The summed E-state index contributed by atoms with van der Waals surface area (Å²) < 4.78 is 10.4. The minimum atomic E-state index is -0.670. The van der Waals surface area contributed by atoms with Crippen LogP contribution in [0.4, 0.5) is 0 Å². The van der Waals surface area contributed by atoms with E-state index in [4.69, 9.17) is 9.47 Å². The van der Waals surface area contributed by atoms with Crippen LogP contribution in [0.2, 0.25) is 0 Å². The van der Waals surface area contributed by atoms with E-state index in [2.05, 4.69) is 9.97 Å². The zero-order chi connectivity index (χ0) is 17.5. The molecule has 0 fully saturated rings. The maximum atomic E-state index is 12.2. The average Bonchev–Trinajstić information content (AvgIpc) is 2.53. The summed E-state index contributed by atoms with van der Waals surface area (Å²) in [5.41, 5.74) is -1.04. The van der Waals surface area contributed by atoms with Gasteiger partial charge in [0.15, 0.2) is 0 Å². The number of carbonyl (C=O) groups excluding carboxylic acids is 1. The van der Waals surface area contributed by atoms with Gasteiger partial charge in [-0.1, -0.05) is 31.2 Å². The van der Waals surface area contributed by atoms with Crippen molar-refractivity contribution >= 4 is 5.97 Å². The summed E-state index contributed by atoms with van der Waals surface area (Å²) >= 11 is 0. The Hall–Kier alpha value is -3.09. The number of nitrogens with one attached hydrogen (secondary N) is 2.